The number of fused-ring (bicyclic) bond motifs is 1. The Labute approximate surface area is 114 Å². The van der Waals surface area contributed by atoms with Crippen LogP contribution in [0.4, 0.5) is 5.69 Å². The molecule has 0 amide bonds. The molecule has 2 aromatic carbocycles. The molecule has 1 aliphatic rings. The van der Waals surface area contributed by atoms with Crippen LogP contribution in [0.15, 0.2) is 47.6 Å². The monoisotopic (exact) mass is 269 g/mol. The Morgan fingerprint density at radius 2 is 1.80 bits per heavy atom. The first-order valence-electron chi connectivity index (χ1n) is 6.01. The second-order valence-corrected chi connectivity index (χ2v) is 4.43. The predicted molar refractivity (Wildman–Crippen MR) is 74.9 cm³/mol. The third-order valence-electron chi connectivity index (χ3n) is 3.20. The van der Waals surface area contributed by atoms with Crippen LogP contribution < -0.4 is 4.74 Å². The van der Waals surface area contributed by atoms with Gasteiger partial charge in [0.1, 0.15) is 29.6 Å². The lowest BCUT2D eigenvalue weighted by Gasteiger charge is -2.21. The molecule has 1 heterocycles. The van der Waals surface area contributed by atoms with Crippen molar-refractivity contribution in [2.24, 2.45) is 5.18 Å². The maximum atomic E-state index is 10.4. The number of phenols is 1. The second-order valence-electron chi connectivity index (χ2n) is 4.43. The van der Waals surface area contributed by atoms with Crippen molar-refractivity contribution in [1.29, 1.82) is 0 Å². The Hall–Kier alpha value is -2.82. The van der Waals surface area contributed by atoms with Crippen molar-refractivity contribution in [3.8, 4) is 11.5 Å². The summed E-state index contributed by atoms with van der Waals surface area (Å²) in [6, 6.07) is 11.1. The number of benzene rings is 2. The van der Waals surface area contributed by atoms with Gasteiger partial charge in [0, 0.05) is 11.6 Å². The number of rotatable bonds is 2. The molecule has 1 aliphatic heterocycles. The molecule has 5 heteroatoms. The Morgan fingerprint density at radius 1 is 1.05 bits per heavy atom. The van der Waals surface area contributed by atoms with Gasteiger partial charge in [0.05, 0.1) is 5.56 Å². The molecule has 0 aliphatic carbocycles. The SMILES string of the molecule is O=Nc1ccc(C2=C(O)c3ccc(O)cc3OC2)cc1. The van der Waals surface area contributed by atoms with Crippen LogP contribution in [0.5, 0.6) is 11.5 Å². The van der Waals surface area contributed by atoms with Gasteiger partial charge in [-0.3, -0.25) is 0 Å². The fourth-order valence-electron chi connectivity index (χ4n) is 2.15. The number of aliphatic hydroxyl groups is 1. The molecular formula is C15H11NO4. The normalized spacial score (nSPS) is 13.6. The lowest BCUT2D eigenvalue weighted by molar-refractivity contribution is 0.351. The largest absolute Gasteiger partial charge is 0.508 e. The quantitative estimate of drug-likeness (QED) is 0.816. The summed E-state index contributed by atoms with van der Waals surface area (Å²) in [5, 5.41) is 22.6. The van der Waals surface area contributed by atoms with E-state index in [4.69, 9.17) is 4.74 Å². The van der Waals surface area contributed by atoms with E-state index in [2.05, 4.69) is 5.18 Å². The molecule has 0 unspecified atom stereocenters. The molecule has 0 aromatic heterocycles. The lowest BCUT2D eigenvalue weighted by atomic mass is 9.98. The van der Waals surface area contributed by atoms with Gasteiger partial charge in [0.15, 0.2) is 0 Å². The highest BCUT2D eigenvalue weighted by Gasteiger charge is 2.21. The van der Waals surface area contributed by atoms with Crippen LogP contribution in [0.25, 0.3) is 11.3 Å². The number of nitroso groups, excluding NO2 is 1. The first-order chi connectivity index (χ1) is 9.69. The minimum atomic E-state index is 0.0846. The van der Waals surface area contributed by atoms with Gasteiger partial charge in [-0.1, -0.05) is 12.1 Å². The van der Waals surface area contributed by atoms with Crippen molar-refractivity contribution in [1.82, 2.24) is 0 Å². The Bertz CT molecular complexity index is 704. The van der Waals surface area contributed by atoms with Crippen LogP contribution in [-0.4, -0.2) is 16.8 Å². The molecule has 0 bridgehead atoms. The smallest absolute Gasteiger partial charge is 0.134 e. The second kappa shape index (κ2) is 4.70. The molecule has 0 saturated heterocycles. The van der Waals surface area contributed by atoms with Gasteiger partial charge in [0.25, 0.3) is 0 Å². The van der Waals surface area contributed by atoms with E-state index in [1.165, 1.54) is 12.1 Å². The van der Waals surface area contributed by atoms with E-state index >= 15 is 0 Å². The highest BCUT2D eigenvalue weighted by Crippen LogP contribution is 2.37. The van der Waals surface area contributed by atoms with Crippen molar-refractivity contribution in [3.63, 3.8) is 0 Å². The van der Waals surface area contributed by atoms with Crippen molar-refractivity contribution in [2.45, 2.75) is 0 Å². The van der Waals surface area contributed by atoms with Gasteiger partial charge in [-0.05, 0) is 35.0 Å². The molecule has 2 N–H and O–H groups in total. The zero-order chi connectivity index (χ0) is 14.1. The molecule has 0 saturated carbocycles. The zero-order valence-electron chi connectivity index (χ0n) is 10.4. The Morgan fingerprint density at radius 3 is 2.50 bits per heavy atom. The van der Waals surface area contributed by atoms with Crippen molar-refractivity contribution in [3.05, 3.63) is 58.5 Å². The highest BCUT2D eigenvalue weighted by atomic mass is 16.5. The average Bonchev–Trinajstić information content (AvgIpc) is 2.48. The van der Waals surface area contributed by atoms with Crippen molar-refractivity contribution in [2.75, 3.05) is 6.61 Å². The van der Waals surface area contributed by atoms with Crippen LogP contribution in [0, 0.1) is 4.91 Å². The molecule has 100 valence electrons. The van der Waals surface area contributed by atoms with E-state index in [1.807, 2.05) is 0 Å². The van der Waals surface area contributed by atoms with Gasteiger partial charge in [-0.25, -0.2) is 0 Å². The van der Waals surface area contributed by atoms with Gasteiger partial charge in [-0.2, -0.15) is 0 Å². The number of ether oxygens (including phenoxy) is 1. The summed E-state index contributed by atoms with van der Waals surface area (Å²) >= 11 is 0. The van der Waals surface area contributed by atoms with E-state index in [9.17, 15) is 15.1 Å². The molecule has 5 nitrogen and oxygen atoms in total. The van der Waals surface area contributed by atoms with Crippen LogP contribution in [0.2, 0.25) is 0 Å². The number of nitrogens with zero attached hydrogens (tertiary/aromatic N) is 1. The summed E-state index contributed by atoms with van der Waals surface area (Å²) in [5.41, 5.74) is 2.24. The molecule has 2 aromatic rings. The molecule has 0 atom stereocenters. The van der Waals surface area contributed by atoms with E-state index in [-0.39, 0.29) is 18.1 Å². The molecule has 20 heavy (non-hydrogen) atoms. The zero-order valence-corrected chi connectivity index (χ0v) is 10.4. The number of hydrogen-bond acceptors (Lipinski definition) is 5. The third kappa shape index (κ3) is 1.99. The molecule has 0 radical (unpaired) electrons. The molecule has 0 fully saturated rings. The standard InChI is InChI=1S/C15H11NO4/c17-11-5-6-12-14(7-11)20-8-13(15(12)18)9-1-3-10(16-19)4-2-9/h1-7,17-18H,8H2. The summed E-state index contributed by atoms with van der Waals surface area (Å²) in [6.07, 6.45) is 0. The highest BCUT2D eigenvalue weighted by molar-refractivity contribution is 5.91. The Kier molecular flexibility index (Phi) is 2.87. The third-order valence-corrected chi connectivity index (χ3v) is 3.20. The van der Waals surface area contributed by atoms with Crippen LogP contribution in [0.1, 0.15) is 11.1 Å². The number of phenolic OH excluding ortho intramolecular Hbond substituents is 1. The lowest BCUT2D eigenvalue weighted by Crippen LogP contribution is -2.10. The van der Waals surface area contributed by atoms with Gasteiger partial charge in [-0.15, -0.1) is 4.91 Å². The Balaban J connectivity index is 2.07. The topological polar surface area (TPSA) is 79.1 Å². The molecule has 3 rings (SSSR count). The maximum absolute atomic E-state index is 10.4. The maximum Gasteiger partial charge on any atom is 0.134 e. The van der Waals surface area contributed by atoms with E-state index in [0.29, 0.717) is 22.6 Å². The van der Waals surface area contributed by atoms with Crippen molar-refractivity contribution >= 4 is 17.0 Å². The van der Waals surface area contributed by atoms with Crippen LogP contribution >= 0.6 is 0 Å². The first kappa shape index (κ1) is 12.2. The summed E-state index contributed by atoms with van der Waals surface area (Å²) < 4.78 is 5.54. The minimum Gasteiger partial charge on any atom is -0.508 e. The first-order valence-corrected chi connectivity index (χ1v) is 6.01. The average molecular weight is 269 g/mol. The predicted octanol–water partition coefficient (Wildman–Crippen LogP) is 3.61. The fourth-order valence-corrected chi connectivity index (χ4v) is 2.15. The van der Waals surface area contributed by atoms with E-state index in [1.54, 1.807) is 30.3 Å². The van der Waals surface area contributed by atoms with Gasteiger partial charge in [0.2, 0.25) is 0 Å². The summed E-state index contributed by atoms with van der Waals surface area (Å²) in [6.45, 7) is 0.191. The van der Waals surface area contributed by atoms with Crippen molar-refractivity contribution < 1.29 is 14.9 Å². The van der Waals surface area contributed by atoms with Crippen LogP contribution in [-0.2, 0) is 0 Å². The van der Waals surface area contributed by atoms with Gasteiger partial charge >= 0.3 is 0 Å². The van der Waals surface area contributed by atoms with E-state index < -0.39 is 0 Å². The number of hydrogen-bond donors (Lipinski definition) is 2. The number of aromatic hydroxyl groups is 1. The fraction of sp³-hybridized carbons (Fsp3) is 0.0667. The molecule has 0 spiro atoms. The summed E-state index contributed by atoms with van der Waals surface area (Å²) in [5.74, 6) is 0.636. The summed E-state index contributed by atoms with van der Waals surface area (Å²) in [7, 11) is 0. The van der Waals surface area contributed by atoms with Crippen LogP contribution in [0.3, 0.4) is 0 Å². The minimum absolute atomic E-state index is 0.0846. The number of aliphatic hydroxyl groups excluding tert-OH is 1. The van der Waals surface area contributed by atoms with Gasteiger partial charge < -0.3 is 14.9 Å². The van der Waals surface area contributed by atoms with E-state index in [0.717, 1.165) is 5.56 Å². The summed E-state index contributed by atoms with van der Waals surface area (Å²) in [4.78, 5) is 10.4. The molecular weight excluding hydrogens is 258 g/mol.